The number of hydrogen-bond acceptors (Lipinski definition) is 1. The molecule has 0 amide bonds. The lowest BCUT2D eigenvalue weighted by Crippen LogP contribution is -2.64. The fourth-order valence-corrected chi connectivity index (χ4v) is 3.51. The Kier molecular flexibility index (Phi) is 1.66. The highest BCUT2D eigenvalue weighted by Crippen LogP contribution is 2.75. The first-order valence-corrected chi connectivity index (χ1v) is 5.80. The zero-order chi connectivity index (χ0) is 10.5. The summed E-state index contributed by atoms with van der Waals surface area (Å²) in [7, 11) is 0. The highest BCUT2D eigenvalue weighted by atomic mass is 16.1. The third kappa shape index (κ3) is 1.06. The molecular formula is C14H16O. The normalized spacial score (nSPS) is 36.6. The van der Waals surface area contributed by atoms with Gasteiger partial charge in [0.25, 0.3) is 0 Å². The van der Waals surface area contributed by atoms with Crippen molar-refractivity contribution >= 4 is 5.78 Å². The molecule has 3 aliphatic carbocycles. The molecule has 3 fully saturated rings. The fraction of sp³-hybridized carbons (Fsp3) is 0.500. The summed E-state index contributed by atoms with van der Waals surface area (Å²) in [5, 5.41) is 0. The molecule has 0 aromatic heterocycles. The van der Waals surface area contributed by atoms with Gasteiger partial charge in [-0.15, -0.1) is 0 Å². The summed E-state index contributed by atoms with van der Waals surface area (Å²) in [6, 6.07) is 9.76. The Balaban J connectivity index is 1.79. The van der Waals surface area contributed by atoms with Crippen molar-refractivity contribution in [2.24, 2.45) is 10.8 Å². The van der Waals surface area contributed by atoms with E-state index in [1.54, 1.807) is 0 Å². The molecule has 78 valence electrons. The van der Waals surface area contributed by atoms with Crippen molar-refractivity contribution in [1.82, 2.24) is 0 Å². The van der Waals surface area contributed by atoms with Crippen LogP contribution in [0, 0.1) is 10.8 Å². The van der Waals surface area contributed by atoms with Crippen LogP contribution in [0.4, 0.5) is 0 Å². The van der Waals surface area contributed by atoms with E-state index in [1.165, 1.54) is 6.42 Å². The first kappa shape index (κ1) is 9.14. The lowest BCUT2D eigenvalue weighted by molar-refractivity contribution is -0.169. The highest BCUT2D eigenvalue weighted by Gasteiger charge is 2.69. The van der Waals surface area contributed by atoms with Gasteiger partial charge < -0.3 is 0 Å². The molecule has 1 heteroatoms. The van der Waals surface area contributed by atoms with Crippen LogP contribution >= 0.6 is 0 Å². The summed E-state index contributed by atoms with van der Waals surface area (Å²) >= 11 is 0. The number of ketones is 1. The van der Waals surface area contributed by atoms with Crippen LogP contribution in [-0.2, 0) is 0 Å². The van der Waals surface area contributed by atoms with E-state index in [4.69, 9.17) is 0 Å². The summed E-state index contributed by atoms with van der Waals surface area (Å²) < 4.78 is 0. The second-order valence-electron chi connectivity index (χ2n) is 5.36. The minimum absolute atomic E-state index is 0.0529. The standard InChI is InChI=1S/C14H16O/c1-2-13-8-14(9-13,10-13)12(15)11-6-4-3-5-7-11/h3-7H,2,8-10H2,1H3. The predicted octanol–water partition coefficient (Wildman–Crippen LogP) is 3.45. The number of carbonyl (C=O) groups excluding carboxylic acids is 1. The molecule has 3 aliphatic rings. The maximum absolute atomic E-state index is 12.2. The largest absolute Gasteiger partial charge is 0.294 e. The molecular weight excluding hydrogens is 184 g/mol. The third-order valence-electron chi connectivity index (χ3n) is 4.41. The van der Waals surface area contributed by atoms with Crippen molar-refractivity contribution in [2.75, 3.05) is 0 Å². The Morgan fingerprint density at radius 1 is 1.20 bits per heavy atom. The quantitative estimate of drug-likeness (QED) is 0.683. The van der Waals surface area contributed by atoms with Crippen molar-refractivity contribution in [3.8, 4) is 0 Å². The number of benzene rings is 1. The number of Topliss-reactive ketones (excluding diaryl/α,β-unsaturated/α-hetero) is 1. The van der Waals surface area contributed by atoms with Gasteiger partial charge >= 0.3 is 0 Å². The summed E-state index contributed by atoms with van der Waals surface area (Å²) in [6.45, 7) is 2.25. The molecule has 0 aliphatic heterocycles. The van der Waals surface area contributed by atoms with Crippen LogP contribution in [-0.4, -0.2) is 5.78 Å². The Hall–Kier alpha value is -1.11. The van der Waals surface area contributed by atoms with E-state index in [1.807, 2.05) is 30.3 Å². The average molecular weight is 200 g/mol. The van der Waals surface area contributed by atoms with Crippen molar-refractivity contribution in [1.29, 1.82) is 0 Å². The molecule has 15 heavy (non-hydrogen) atoms. The molecule has 2 bridgehead atoms. The number of rotatable bonds is 3. The van der Waals surface area contributed by atoms with Gasteiger partial charge in [0, 0.05) is 11.0 Å². The average Bonchev–Trinajstić information content (AvgIpc) is 2.16. The molecule has 0 spiro atoms. The van der Waals surface area contributed by atoms with E-state index in [9.17, 15) is 4.79 Å². The van der Waals surface area contributed by atoms with Gasteiger partial charge in [-0.25, -0.2) is 0 Å². The Morgan fingerprint density at radius 3 is 2.33 bits per heavy atom. The molecule has 1 nitrogen and oxygen atoms in total. The molecule has 0 N–H and O–H groups in total. The van der Waals surface area contributed by atoms with Gasteiger partial charge in [0.15, 0.2) is 5.78 Å². The molecule has 1 aromatic rings. The second-order valence-corrected chi connectivity index (χ2v) is 5.36. The van der Waals surface area contributed by atoms with Gasteiger partial charge in [0.1, 0.15) is 0 Å². The lowest BCUT2D eigenvalue weighted by Gasteiger charge is -2.70. The molecule has 0 saturated heterocycles. The minimum atomic E-state index is 0.0529. The SMILES string of the molecule is CCC12CC(C(=O)c3ccccc3)(C1)C2. The zero-order valence-corrected chi connectivity index (χ0v) is 9.12. The Labute approximate surface area is 90.5 Å². The van der Waals surface area contributed by atoms with Crippen molar-refractivity contribution in [3.63, 3.8) is 0 Å². The third-order valence-corrected chi connectivity index (χ3v) is 4.41. The van der Waals surface area contributed by atoms with Gasteiger partial charge in [-0.05, 0) is 24.7 Å². The van der Waals surface area contributed by atoms with Crippen molar-refractivity contribution < 1.29 is 4.79 Å². The summed E-state index contributed by atoms with van der Waals surface area (Å²) in [4.78, 5) is 12.2. The molecule has 0 unspecified atom stereocenters. The Bertz CT molecular complexity index is 385. The zero-order valence-electron chi connectivity index (χ0n) is 9.12. The fourth-order valence-electron chi connectivity index (χ4n) is 3.51. The molecule has 4 rings (SSSR count). The minimum Gasteiger partial charge on any atom is -0.294 e. The van der Waals surface area contributed by atoms with E-state index in [2.05, 4.69) is 6.92 Å². The lowest BCUT2D eigenvalue weighted by atomic mass is 9.33. The molecule has 1 aromatic carbocycles. The smallest absolute Gasteiger partial charge is 0.169 e. The van der Waals surface area contributed by atoms with Gasteiger partial charge in [0.05, 0.1) is 0 Å². The van der Waals surface area contributed by atoms with Crippen molar-refractivity contribution in [3.05, 3.63) is 35.9 Å². The van der Waals surface area contributed by atoms with Crippen LogP contribution in [0.25, 0.3) is 0 Å². The summed E-state index contributed by atoms with van der Waals surface area (Å²) in [5.74, 6) is 0.387. The highest BCUT2D eigenvalue weighted by molar-refractivity contribution is 6.02. The molecule has 0 atom stereocenters. The monoisotopic (exact) mass is 200 g/mol. The van der Waals surface area contributed by atoms with Crippen LogP contribution in [0.2, 0.25) is 0 Å². The van der Waals surface area contributed by atoms with E-state index >= 15 is 0 Å². The van der Waals surface area contributed by atoms with Gasteiger partial charge in [0.2, 0.25) is 0 Å². The Morgan fingerprint density at radius 2 is 1.80 bits per heavy atom. The first-order valence-electron chi connectivity index (χ1n) is 5.80. The maximum atomic E-state index is 12.2. The molecule has 0 heterocycles. The maximum Gasteiger partial charge on any atom is 0.169 e. The van der Waals surface area contributed by atoms with Crippen LogP contribution in [0.1, 0.15) is 43.0 Å². The topological polar surface area (TPSA) is 17.1 Å². The van der Waals surface area contributed by atoms with E-state index in [-0.39, 0.29) is 5.41 Å². The number of carbonyl (C=O) groups is 1. The first-order chi connectivity index (χ1) is 7.20. The van der Waals surface area contributed by atoms with Crippen LogP contribution in [0.3, 0.4) is 0 Å². The van der Waals surface area contributed by atoms with Gasteiger partial charge in [-0.2, -0.15) is 0 Å². The van der Waals surface area contributed by atoms with Crippen LogP contribution < -0.4 is 0 Å². The second kappa shape index (κ2) is 2.72. The van der Waals surface area contributed by atoms with Crippen molar-refractivity contribution in [2.45, 2.75) is 32.6 Å². The summed E-state index contributed by atoms with van der Waals surface area (Å²) in [5.41, 5.74) is 1.52. The van der Waals surface area contributed by atoms with Gasteiger partial charge in [-0.3, -0.25) is 4.79 Å². The van der Waals surface area contributed by atoms with Gasteiger partial charge in [-0.1, -0.05) is 43.7 Å². The van der Waals surface area contributed by atoms with E-state index in [0.717, 1.165) is 24.8 Å². The van der Waals surface area contributed by atoms with E-state index in [0.29, 0.717) is 11.2 Å². The number of hydrogen-bond donors (Lipinski definition) is 0. The van der Waals surface area contributed by atoms with Crippen LogP contribution in [0.15, 0.2) is 30.3 Å². The summed E-state index contributed by atoms with van der Waals surface area (Å²) in [6.07, 6.45) is 4.68. The molecule has 0 radical (unpaired) electrons. The molecule has 3 saturated carbocycles. The van der Waals surface area contributed by atoms with Crippen LogP contribution in [0.5, 0.6) is 0 Å². The predicted molar refractivity (Wildman–Crippen MR) is 59.8 cm³/mol. The van der Waals surface area contributed by atoms with E-state index < -0.39 is 0 Å².